The summed E-state index contributed by atoms with van der Waals surface area (Å²) in [5, 5.41) is 13.7. The molecule has 1 aliphatic heterocycles. The third-order valence-electron chi connectivity index (χ3n) is 5.29. The fourth-order valence-corrected chi connectivity index (χ4v) is 5.09. The van der Waals surface area contributed by atoms with Crippen molar-refractivity contribution in [2.75, 3.05) is 16.2 Å². The van der Waals surface area contributed by atoms with E-state index >= 15 is 0 Å². The van der Waals surface area contributed by atoms with E-state index in [1.807, 2.05) is 12.1 Å². The Kier molecular flexibility index (Phi) is 6.01. The van der Waals surface area contributed by atoms with Crippen LogP contribution in [0.1, 0.15) is 12.5 Å². The van der Waals surface area contributed by atoms with E-state index in [-0.39, 0.29) is 16.3 Å². The van der Waals surface area contributed by atoms with Crippen molar-refractivity contribution in [1.29, 1.82) is 0 Å². The van der Waals surface area contributed by atoms with Gasteiger partial charge >= 0.3 is 5.69 Å². The summed E-state index contributed by atoms with van der Waals surface area (Å²) in [4.78, 5) is 23.1. The summed E-state index contributed by atoms with van der Waals surface area (Å²) in [5.41, 5.74) is 1.79. The van der Waals surface area contributed by atoms with E-state index in [1.54, 1.807) is 18.2 Å². The third-order valence-corrected chi connectivity index (χ3v) is 7.12. The lowest BCUT2D eigenvalue weighted by molar-refractivity contribution is -0.386. The van der Waals surface area contributed by atoms with Gasteiger partial charge < -0.3 is 10.1 Å². The number of fused-ring (bicyclic) bond motifs is 1. The summed E-state index contributed by atoms with van der Waals surface area (Å²) in [5.74, 6) is -0.547. The molecule has 0 saturated heterocycles. The highest BCUT2D eigenvalue weighted by Gasteiger charge is 2.30. The van der Waals surface area contributed by atoms with Gasteiger partial charge in [-0.1, -0.05) is 30.3 Å². The number of para-hydroxylation sites is 3. The van der Waals surface area contributed by atoms with E-state index < -0.39 is 27.0 Å². The Balaban J connectivity index is 1.45. The van der Waals surface area contributed by atoms with Gasteiger partial charge in [-0.15, -0.1) is 0 Å². The molecule has 1 aliphatic rings. The first kappa shape index (κ1) is 22.3. The average Bonchev–Trinajstić information content (AvgIpc) is 3.25. The number of rotatable bonds is 7. The van der Waals surface area contributed by atoms with Gasteiger partial charge in [-0.05, 0) is 55.3 Å². The third kappa shape index (κ3) is 4.51. The zero-order valence-corrected chi connectivity index (χ0v) is 18.5. The second-order valence-corrected chi connectivity index (χ2v) is 9.32. The first-order chi connectivity index (χ1) is 15.8. The Labute approximate surface area is 190 Å². The van der Waals surface area contributed by atoms with Crippen LogP contribution in [0.15, 0.2) is 77.7 Å². The molecule has 1 unspecified atom stereocenters. The fraction of sp³-hybridized carbons (Fsp3) is 0.174. The topological polar surface area (TPSA) is 119 Å². The second-order valence-electron chi connectivity index (χ2n) is 7.45. The minimum Gasteiger partial charge on any atom is -0.474 e. The molecule has 1 heterocycles. The van der Waals surface area contributed by atoms with Crippen LogP contribution in [0.4, 0.5) is 17.1 Å². The van der Waals surface area contributed by atoms with Crippen molar-refractivity contribution in [3.8, 4) is 5.75 Å². The van der Waals surface area contributed by atoms with Crippen molar-refractivity contribution in [3.63, 3.8) is 0 Å². The SMILES string of the molecule is CC(Oc1ccccc1[N+](=O)[O-])C(=O)Nc1ccc(S(=O)(=O)N2CCc3ccccc32)cc1. The summed E-state index contributed by atoms with van der Waals surface area (Å²) in [6.45, 7) is 1.84. The minimum absolute atomic E-state index is 0.0162. The zero-order valence-electron chi connectivity index (χ0n) is 17.7. The van der Waals surface area contributed by atoms with Crippen LogP contribution in [0.3, 0.4) is 0 Å². The van der Waals surface area contributed by atoms with Crippen molar-refractivity contribution in [2.45, 2.75) is 24.3 Å². The van der Waals surface area contributed by atoms with Gasteiger partial charge in [-0.3, -0.25) is 19.2 Å². The molecule has 170 valence electrons. The standard InChI is InChI=1S/C23H21N3O6S/c1-16(32-22-9-5-4-8-21(22)26(28)29)23(27)24-18-10-12-19(13-11-18)33(30,31)25-15-14-17-6-2-3-7-20(17)25/h2-13,16H,14-15H2,1H3,(H,24,27). The van der Waals surface area contributed by atoms with E-state index in [0.717, 1.165) is 5.56 Å². The number of hydrogen-bond donors (Lipinski definition) is 1. The van der Waals surface area contributed by atoms with Crippen LogP contribution in [-0.4, -0.2) is 31.9 Å². The molecular weight excluding hydrogens is 446 g/mol. The molecule has 3 aromatic carbocycles. The maximum Gasteiger partial charge on any atom is 0.310 e. The molecule has 0 saturated carbocycles. The van der Waals surface area contributed by atoms with Crippen molar-refractivity contribution in [2.24, 2.45) is 0 Å². The average molecular weight is 468 g/mol. The van der Waals surface area contributed by atoms with Crippen LogP contribution in [0.25, 0.3) is 0 Å². The van der Waals surface area contributed by atoms with Crippen LogP contribution in [0, 0.1) is 10.1 Å². The molecule has 0 fully saturated rings. The summed E-state index contributed by atoms with van der Waals surface area (Å²) < 4.78 is 33.0. The summed E-state index contributed by atoms with van der Waals surface area (Å²) in [6, 6.07) is 19.0. The molecule has 1 atom stereocenters. The molecule has 3 aromatic rings. The number of amides is 1. The van der Waals surface area contributed by atoms with Crippen LogP contribution >= 0.6 is 0 Å². The number of carbonyl (C=O) groups excluding carboxylic acids is 1. The molecule has 1 amide bonds. The molecule has 1 N–H and O–H groups in total. The lowest BCUT2D eigenvalue weighted by atomic mass is 10.2. The molecule has 0 spiro atoms. The van der Waals surface area contributed by atoms with Gasteiger partial charge in [0.15, 0.2) is 11.9 Å². The minimum atomic E-state index is -3.74. The first-order valence-corrected chi connectivity index (χ1v) is 11.6. The van der Waals surface area contributed by atoms with Crippen molar-refractivity contribution < 1.29 is 22.9 Å². The molecule has 0 aromatic heterocycles. The maximum absolute atomic E-state index is 13.1. The van der Waals surface area contributed by atoms with Gasteiger partial charge in [-0.2, -0.15) is 0 Å². The zero-order chi connectivity index (χ0) is 23.6. The molecule has 33 heavy (non-hydrogen) atoms. The smallest absolute Gasteiger partial charge is 0.310 e. The number of ether oxygens (including phenoxy) is 1. The number of carbonyl (C=O) groups is 1. The maximum atomic E-state index is 13.1. The number of sulfonamides is 1. The van der Waals surface area contributed by atoms with Gasteiger partial charge in [0, 0.05) is 18.3 Å². The Hall–Kier alpha value is -3.92. The normalized spacial score (nSPS) is 13.8. The predicted molar refractivity (Wildman–Crippen MR) is 123 cm³/mol. The molecule has 10 heteroatoms. The van der Waals surface area contributed by atoms with E-state index in [0.29, 0.717) is 24.3 Å². The fourth-order valence-electron chi connectivity index (χ4n) is 3.59. The molecular formula is C23H21N3O6S. The highest BCUT2D eigenvalue weighted by atomic mass is 32.2. The summed E-state index contributed by atoms with van der Waals surface area (Å²) in [6.07, 6.45) is -0.364. The number of nitrogens with zero attached hydrogens (tertiary/aromatic N) is 2. The van der Waals surface area contributed by atoms with Gasteiger partial charge in [0.05, 0.1) is 15.5 Å². The molecule has 0 radical (unpaired) electrons. The van der Waals surface area contributed by atoms with Crippen LogP contribution in [0.2, 0.25) is 0 Å². The highest BCUT2D eigenvalue weighted by molar-refractivity contribution is 7.92. The summed E-state index contributed by atoms with van der Waals surface area (Å²) in [7, 11) is -3.74. The number of anilines is 2. The quantitative estimate of drug-likeness (QED) is 0.418. The predicted octanol–water partition coefficient (Wildman–Crippen LogP) is 3.75. The van der Waals surface area contributed by atoms with Crippen LogP contribution in [0.5, 0.6) is 5.75 Å². The largest absolute Gasteiger partial charge is 0.474 e. The Morgan fingerprint density at radius 3 is 2.45 bits per heavy atom. The number of nitrogens with one attached hydrogen (secondary N) is 1. The molecule has 0 aliphatic carbocycles. The molecule has 4 rings (SSSR count). The number of nitro groups is 1. The number of nitro benzene ring substituents is 1. The Morgan fingerprint density at radius 2 is 1.73 bits per heavy atom. The van der Waals surface area contributed by atoms with Gasteiger partial charge in [0.2, 0.25) is 0 Å². The highest BCUT2D eigenvalue weighted by Crippen LogP contribution is 2.33. The summed E-state index contributed by atoms with van der Waals surface area (Å²) >= 11 is 0. The van der Waals surface area contributed by atoms with Crippen LogP contribution < -0.4 is 14.4 Å². The monoisotopic (exact) mass is 467 g/mol. The Bertz CT molecular complexity index is 1310. The Morgan fingerprint density at radius 1 is 1.06 bits per heavy atom. The van der Waals surface area contributed by atoms with Gasteiger partial charge in [0.1, 0.15) is 0 Å². The molecule has 0 bridgehead atoms. The first-order valence-electron chi connectivity index (χ1n) is 10.2. The van der Waals surface area contributed by atoms with Crippen LogP contribution in [-0.2, 0) is 21.2 Å². The molecule has 9 nitrogen and oxygen atoms in total. The van der Waals surface area contributed by atoms with Crippen molar-refractivity contribution in [1.82, 2.24) is 0 Å². The lowest BCUT2D eigenvalue weighted by Crippen LogP contribution is -2.30. The van der Waals surface area contributed by atoms with E-state index in [2.05, 4.69) is 5.32 Å². The second kappa shape index (κ2) is 8.91. The number of hydrogen-bond acceptors (Lipinski definition) is 6. The van der Waals surface area contributed by atoms with E-state index in [4.69, 9.17) is 4.74 Å². The number of benzene rings is 3. The van der Waals surface area contributed by atoms with Crippen molar-refractivity contribution in [3.05, 3.63) is 88.5 Å². The van der Waals surface area contributed by atoms with Crippen molar-refractivity contribution >= 4 is 33.0 Å². The van der Waals surface area contributed by atoms with Gasteiger partial charge in [-0.25, -0.2) is 8.42 Å². The van der Waals surface area contributed by atoms with E-state index in [1.165, 1.54) is 53.7 Å². The lowest BCUT2D eigenvalue weighted by Gasteiger charge is -2.20. The van der Waals surface area contributed by atoms with E-state index in [9.17, 15) is 23.3 Å². The van der Waals surface area contributed by atoms with Gasteiger partial charge in [0.25, 0.3) is 15.9 Å².